The van der Waals surface area contributed by atoms with Gasteiger partial charge in [0, 0.05) is 11.3 Å². The van der Waals surface area contributed by atoms with Crippen molar-refractivity contribution in [1.82, 2.24) is 15.5 Å². The summed E-state index contributed by atoms with van der Waals surface area (Å²) in [6.45, 7) is 5.77. The van der Waals surface area contributed by atoms with Crippen LogP contribution in [0.1, 0.15) is 26.3 Å². The Bertz CT molecular complexity index is 1000. The second-order valence-electron chi connectivity index (χ2n) is 7.10. The molecule has 0 aliphatic rings. The summed E-state index contributed by atoms with van der Waals surface area (Å²) in [4.78, 5) is 25.3. The van der Waals surface area contributed by atoms with E-state index in [1.807, 2.05) is 75.4 Å². The van der Waals surface area contributed by atoms with Gasteiger partial charge in [-0.15, -0.1) is 10.2 Å². The summed E-state index contributed by atoms with van der Waals surface area (Å²) in [6.07, 6.45) is 0.797. The van der Waals surface area contributed by atoms with Crippen LogP contribution in [-0.4, -0.2) is 28.2 Å². The van der Waals surface area contributed by atoms with Crippen molar-refractivity contribution in [2.75, 3.05) is 10.6 Å². The Kier molecular flexibility index (Phi) is 7.13. The van der Waals surface area contributed by atoms with Crippen LogP contribution in [0.15, 0.2) is 54.6 Å². The number of rotatable bonds is 7. The van der Waals surface area contributed by atoms with Gasteiger partial charge >= 0.3 is 6.03 Å². The SMILES string of the molecule is CCc1ccccc1NC(=O)NC(C(=O)Nc1nnc(-c2ccccc2)s1)C(C)C. The number of anilines is 2. The van der Waals surface area contributed by atoms with E-state index >= 15 is 0 Å². The van der Waals surface area contributed by atoms with E-state index in [2.05, 4.69) is 26.1 Å². The molecule has 0 fully saturated rings. The average Bonchev–Trinajstić information content (AvgIpc) is 3.21. The van der Waals surface area contributed by atoms with Gasteiger partial charge in [0.25, 0.3) is 0 Å². The Morgan fingerprint density at radius 1 is 0.967 bits per heavy atom. The van der Waals surface area contributed by atoms with Gasteiger partial charge in [0.05, 0.1) is 0 Å². The molecule has 0 saturated carbocycles. The normalized spacial score (nSPS) is 11.7. The molecule has 3 rings (SSSR count). The van der Waals surface area contributed by atoms with E-state index in [4.69, 9.17) is 0 Å². The lowest BCUT2D eigenvalue weighted by Crippen LogP contribution is -2.48. The monoisotopic (exact) mass is 423 g/mol. The first-order valence-corrected chi connectivity index (χ1v) is 10.6. The molecule has 0 aliphatic heterocycles. The maximum atomic E-state index is 12.8. The number of nitrogens with zero attached hydrogens (tertiary/aromatic N) is 2. The summed E-state index contributed by atoms with van der Waals surface area (Å²) in [5.41, 5.74) is 2.69. The second-order valence-corrected chi connectivity index (χ2v) is 8.08. The van der Waals surface area contributed by atoms with Crippen LogP contribution < -0.4 is 16.0 Å². The topological polar surface area (TPSA) is 96.0 Å². The van der Waals surface area contributed by atoms with Crippen molar-refractivity contribution in [2.45, 2.75) is 33.2 Å². The van der Waals surface area contributed by atoms with Crippen LogP contribution in [0.2, 0.25) is 0 Å². The lowest BCUT2D eigenvalue weighted by atomic mass is 10.0. The number of carbonyl (C=O) groups excluding carboxylic acids is 2. The lowest BCUT2D eigenvalue weighted by Gasteiger charge is -2.21. The Labute approximate surface area is 179 Å². The third-order valence-electron chi connectivity index (χ3n) is 4.56. The average molecular weight is 424 g/mol. The maximum Gasteiger partial charge on any atom is 0.319 e. The molecule has 3 amide bonds. The number of aromatic nitrogens is 2. The van der Waals surface area contributed by atoms with Crippen LogP contribution in [0, 0.1) is 5.92 Å². The van der Waals surface area contributed by atoms with Gasteiger partial charge in [-0.05, 0) is 24.0 Å². The zero-order valence-electron chi connectivity index (χ0n) is 17.2. The fraction of sp³-hybridized carbons (Fsp3) is 0.273. The zero-order chi connectivity index (χ0) is 21.5. The molecule has 156 valence electrons. The molecule has 0 aliphatic carbocycles. The number of urea groups is 1. The number of benzene rings is 2. The molecule has 8 heteroatoms. The van der Waals surface area contributed by atoms with Gasteiger partial charge in [-0.2, -0.15) is 0 Å². The van der Waals surface area contributed by atoms with E-state index in [9.17, 15) is 9.59 Å². The number of para-hydroxylation sites is 1. The minimum absolute atomic E-state index is 0.112. The Hall–Kier alpha value is -3.26. The number of hydrogen-bond acceptors (Lipinski definition) is 5. The third-order valence-corrected chi connectivity index (χ3v) is 5.45. The molecule has 2 aromatic carbocycles. The highest BCUT2D eigenvalue weighted by Crippen LogP contribution is 2.26. The minimum Gasteiger partial charge on any atom is -0.326 e. The highest BCUT2D eigenvalue weighted by molar-refractivity contribution is 7.18. The number of nitrogens with one attached hydrogen (secondary N) is 3. The maximum absolute atomic E-state index is 12.8. The number of amides is 3. The highest BCUT2D eigenvalue weighted by atomic mass is 32.1. The van der Waals surface area contributed by atoms with Crippen molar-refractivity contribution in [3.63, 3.8) is 0 Å². The Morgan fingerprint density at radius 2 is 1.67 bits per heavy atom. The van der Waals surface area contributed by atoms with Crippen molar-refractivity contribution in [3.05, 3.63) is 60.2 Å². The van der Waals surface area contributed by atoms with Crippen molar-refractivity contribution >= 4 is 34.1 Å². The summed E-state index contributed by atoms with van der Waals surface area (Å²) in [5, 5.41) is 17.7. The van der Waals surface area contributed by atoms with Gasteiger partial charge < -0.3 is 10.6 Å². The molecule has 1 atom stereocenters. The fourth-order valence-corrected chi connectivity index (χ4v) is 3.69. The molecular formula is C22H25N5O2S. The summed E-state index contributed by atoms with van der Waals surface area (Å²) in [5.74, 6) is -0.446. The zero-order valence-corrected chi connectivity index (χ0v) is 18.0. The van der Waals surface area contributed by atoms with E-state index in [1.54, 1.807) is 0 Å². The molecule has 30 heavy (non-hydrogen) atoms. The number of carbonyl (C=O) groups is 2. The quantitative estimate of drug-likeness (QED) is 0.519. The summed E-state index contributed by atoms with van der Waals surface area (Å²) in [7, 11) is 0. The minimum atomic E-state index is -0.720. The molecule has 3 aromatic rings. The molecule has 0 saturated heterocycles. The molecule has 1 aromatic heterocycles. The van der Waals surface area contributed by atoms with E-state index in [0.29, 0.717) is 10.1 Å². The van der Waals surface area contributed by atoms with Gasteiger partial charge in [-0.3, -0.25) is 10.1 Å². The highest BCUT2D eigenvalue weighted by Gasteiger charge is 2.25. The molecule has 0 spiro atoms. The van der Waals surface area contributed by atoms with Crippen LogP contribution in [0.5, 0.6) is 0 Å². The van der Waals surface area contributed by atoms with Crippen LogP contribution in [0.3, 0.4) is 0 Å². The van der Waals surface area contributed by atoms with Crippen molar-refractivity contribution in [2.24, 2.45) is 5.92 Å². The van der Waals surface area contributed by atoms with Gasteiger partial charge in [0.15, 0.2) is 0 Å². The predicted octanol–water partition coefficient (Wildman–Crippen LogP) is 4.55. The smallest absolute Gasteiger partial charge is 0.319 e. The fourth-order valence-electron chi connectivity index (χ4n) is 2.94. The first-order chi connectivity index (χ1) is 14.5. The van der Waals surface area contributed by atoms with E-state index < -0.39 is 12.1 Å². The molecule has 1 unspecified atom stereocenters. The lowest BCUT2D eigenvalue weighted by molar-refractivity contribution is -0.118. The first kappa shape index (κ1) is 21.4. The van der Waals surface area contributed by atoms with Crippen molar-refractivity contribution in [3.8, 4) is 10.6 Å². The summed E-state index contributed by atoms with van der Waals surface area (Å²) >= 11 is 1.29. The Balaban J connectivity index is 1.65. The molecule has 0 bridgehead atoms. The second kappa shape index (κ2) is 9.98. The molecule has 3 N–H and O–H groups in total. The van der Waals surface area contributed by atoms with Gasteiger partial charge in [-0.1, -0.05) is 80.6 Å². The number of aryl methyl sites for hydroxylation is 1. The van der Waals surface area contributed by atoms with Crippen LogP contribution in [0.4, 0.5) is 15.6 Å². The number of hydrogen-bond donors (Lipinski definition) is 3. The standard InChI is InChI=1S/C22H25N5O2S/c1-4-15-10-8-9-13-17(15)23-21(29)24-18(14(2)3)19(28)25-22-27-26-20(30-22)16-11-6-5-7-12-16/h5-14,18H,4H2,1-3H3,(H2,23,24,29)(H,25,27,28). The van der Waals surface area contributed by atoms with Crippen molar-refractivity contribution < 1.29 is 9.59 Å². The summed E-state index contributed by atoms with van der Waals surface area (Å²) < 4.78 is 0. The van der Waals surface area contributed by atoms with E-state index in [-0.39, 0.29) is 11.8 Å². The van der Waals surface area contributed by atoms with Gasteiger partial charge in [0.2, 0.25) is 11.0 Å². The van der Waals surface area contributed by atoms with Gasteiger partial charge in [-0.25, -0.2) is 4.79 Å². The molecule has 1 heterocycles. The largest absolute Gasteiger partial charge is 0.326 e. The predicted molar refractivity (Wildman–Crippen MR) is 121 cm³/mol. The van der Waals surface area contributed by atoms with Crippen LogP contribution in [0.25, 0.3) is 10.6 Å². The summed E-state index contributed by atoms with van der Waals surface area (Å²) in [6, 6.07) is 16.1. The molecule has 0 radical (unpaired) electrons. The van der Waals surface area contributed by atoms with E-state index in [1.165, 1.54) is 11.3 Å². The van der Waals surface area contributed by atoms with Crippen LogP contribution in [-0.2, 0) is 11.2 Å². The third kappa shape index (κ3) is 5.42. The van der Waals surface area contributed by atoms with Crippen molar-refractivity contribution in [1.29, 1.82) is 0 Å². The van der Waals surface area contributed by atoms with Gasteiger partial charge in [0.1, 0.15) is 11.0 Å². The molecular weight excluding hydrogens is 398 g/mol. The van der Waals surface area contributed by atoms with Crippen LogP contribution >= 0.6 is 11.3 Å². The Morgan fingerprint density at radius 3 is 2.37 bits per heavy atom. The van der Waals surface area contributed by atoms with E-state index in [0.717, 1.165) is 23.2 Å². The molecule has 7 nitrogen and oxygen atoms in total. The first-order valence-electron chi connectivity index (χ1n) is 9.83.